The Morgan fingerprint density at radius 2 is 2.00 bits per heavy atom. The Bertz CT molecular complexity index is 545. The Kier molecular flexibility index (Phi) is 3.53. The first-order chi connectivity index (χ1) is 8.77. The Hall–Kier alpha value is -1.57. The van der Waals surface area contributed by atoms with E-state index in [2.05, 4.69) is 21.2 Å². The van der Waals surface area contributed by atoms with Crippen LogP contribution in [-0.2, 0) is 15.8 Å². The molecule has 8 heteroatoms. The fraction of sp³-hybridized carbons (Fsp3) is 0.273. The number of rotatable bonds is 2. The standard InChI is InChI=1S/C11H8BrF3N2O2/c12-5-1-2-7(6(3-5)11(13,14)15)16-8-4-9(18)17-10(8)19/h1-3,8,16H,4H2,(H,17,18,19). The molecule has 2 amide bonds. The normalized spacial score (nSPS) is 19.5. The molecule has 0 aromatic heterocycles. The average molecular weight is 337 g/mol. The zero-order valence-electron chi connectivity index (χ0n) is 9.34. The van der Waals surface area contributed by atoms with Crippen molar-refractivity contribution in [3.8, 4) is 0 Å². The number of hydrogen-bond acceptors (Lipinski definition) is 3. The second kappa shape index (κ2) is 4.84. The average Bonchev–Trinajstić information content (AvgIpc) is 2.58. The number of benzene rings is 1. The van der Waals surface area contributed by atoms with Crippen molar-refractivity contribution < 1.29 is 22.8 Å². The fourth-order valence-electron chi connectivity index (χ4n) is 1.73. The van der Waals surface area contributed by atoms with Crippen molar-refractivity contribution in [2.45, 2.75) is 18.6 Å². The topological polar surface area (TPSA) is 58.2 Å². The van der Waals surface area contributed by atoms with Crippen LogP contribution in [0.25, 0.3) is 0 Å². The predicted molar refractivity (Wildman–Crippen MR) is 64.3 cm³/mol. The number of alkyl halides is 3. The van der Waals surface area contributed by atoms with Gasteiger partial charge in [-0.1, -0.05) is 15.9 Å². The molecule has 2 rings (SSSR count). The molecular weight excluding hydrogens is 329 g/mol. The quantitative estimate of drug-likeness (QED) is 0.815. The minimum atomic E-state index is -4.55. The lowest BCUT2D eigenvalue weighted by atomic mass is 10.1. The third kappa shape index (κ3) is 3.06. The zero-order chi connectivity index (χ0) is 14.2. The van der Waals surface area contributed by atoms with E-state index >= 15 is 0 Å². The van der Waals surface area contributed by atoms with Gasteiger partial charge in [-0.15, -0.1) is 0 Å². The molecule has 0 saturated carbocycles. The monoisotopic (exact) mass is 336 g/mol. The first-order valence-electron chi connectivity index (χ1n) is 5.24. The summed E-state index contributed by atoms with van der Waals surface area (Å²) >= 11 is 2.96. The van der Waals surface area contributed by atoms with Gasteiger partial charge in [0.25, 0.3) is 0 Å². The summed E-state index contributed by atoms with van der Waals surface area (Å²) in [5.41, 5.74) is -1.13. The van der Waals surface area contributed by atoms with Gasteiger partial charge in [0.15, 0.2) is 0 Å². The number of carbonyl (C=O) groups excluding carboxylic acids is 2. The maximum absolute atomic E-state index is 12.8. The van der Waals surface area contributed by atoms with E-state index in [1.165, 1.54) is 12.1 Å². The fourth-order valence-corrected chi connectivity index (χ4v) is 2.10. The summed E-state index contributed by atoms with van der Waals surface area (Å²) in [7, 11) is 0. The lowest BCUT2D eigenvalue weighted by Gasteiger charge is -2.17. The molecule has 1 unspecified atom stereocenters. The highest BCUT2D eigenvalue weighted by molar-refractivity contribution is 9.10. The van der Waals surface area contributed by atoms with E-state index < -0.39 is 29.6 Å². The molecule has 1 fully saturated rings. The molecule has 1 aromatic rings. The van der Waals surface area contributed by atoms with Crippen LogP contribution in [-0.4, -0.2) is 17.9 Å². The van der Waals surface area contributed by atoms with Crippen LogP contribution in [0.1, 0.15) is 12.0 Å². The zero-order valence-corrected chi connectivity index (χ0v) is 10.9. The van der Waals surface area contributed by atoms with Gasteiger partial charge in [-0.3, -0.25) is 14.9 Å². The van der Waals surface area contributed by atoms with Crippen LogP contribution in [0, 0.1) is 0 Å². The summed E-state index contributed by atoms with van der Waals surface area (Å²) in [5.74, 6) is -1.13. The van der Waals surface area contributed by atoms with Crippen molar-refractivity contribution in [3.63, 3.8) is 0 Å². The predicted octanol–water partition coefficient (Wildman–Crippen LogP) is 2.29. The van der Waals surface area contributed by atoms with Crippen LogP contribution in [0.3, 0.4) is 0 Å². The van der Waals surface area contributed by atoms with E-state index in [1.54, 1.807) is 0 Å². The summed E-state index contributed by atoms with van der Waals surface area (Å²) in [6, 6.07) is 2.57. The smallest absolute Gasteiger partial charge is 0.373 e. The Morgan fingerprint density at radius 1 is 1.32 bits per heavy atom. The minimum Gasteiger partial charge on any atom is -0.373 e. The van der Waals surface area contributed by atoms with Crippen LogP contribution in [0.4, 0.5) is 18.9 Å². The van der Waals surface area contributed by atoms with Crippen molar-refractivity contribution >= 4 is 33.4 Å². The molecule has 4 nitrogen and oxygen atoms in total. The molecular formula is C11H8BrF3N2O2. The van der Waals surface area contributed by atoms with Crippen LogP contribution < -0.4 is 10.6 Å². The van der Waals surface area contributed by atoms with Crippen molar-refractivity contribution in [2.24, 2.45) is 0 Å². The van der Waals surface area contributed by atoms with E-state index in [-0.39, 0.29) is 16.6 Å². The first-order valence-corrected chi connectivity index (χ1v) is 6.03. The van der Waals surface area contributed by atoms with E-state index in [0.717, 1.165) is 6.07 Å². The van der Waals surface area contributed by atoms with E-state index in [9.17, 15) is 22.8 Å². The highest BCUT2D eigenvalue weighted by Crippen LogP contribution is 2.37. The maximum Gasteiger partial charge on any atom is 0.418 e. The number of hydrogen-bond donors (Lipinski definition) is 2. The van der Waals surface area contributed by atoms with Gasteiger partial charge in [0.2, 0.25) is 11.8 Å². The molecule has 1 aromatic carbocycles. The molecule has 1 aliphatic heterocycles. The number of nitrogens with one attached hydrogen (secondary N) is 2. The van der Waals surface area contributed by atoms with E-state index in [1.807, 2.05) is 5.32 Å². The third-order valence-corrected chi connectivity index (χ3v) is 3.08. The van der Waals surface area contributed by atoms with Gasteiger partial charge in [0, 0.05) is 10.2 Å². The van der Waals surface area contributed by atoms with Crippen LogP contribution in [0.15, 0.2) is 22.7 Å². The number of halogens is 4. The molecule has 2 N–H and O–H groups in total. The van der Waals surface area contributed by atoms with Gasteiger partial charge >= 0.3 is 6.18 Å². The summed E-state index contributed by atoms with van der Waals surface area (Å²) in [6.45, 7) is 0. The summed E-state index contributed by atoms with van der Waals surface area (Å²) in [4.78, 5) is 22.3. The van der Waals surface area contributed by atoms with Crippen molar-refractivity contribution in [3.05, 3.63) is 28.2 Å². The van der Waals surface area contributed by atoms with Gasteiger partial charge in [0.1, 0.15) is 6.04 Å². The molecule has 1 heterocycles. The van der Waals surface area contributed by atoms with Gasteiger partial charge in [-0.25, -0.2) is 0 Å². The first kappa shape index (κ1) is 13.9. The lowest BCUT2D eigenvalue weighted by Crippen LogP contribution is -2.30. The SMILES string of the molecule is O=C1CC(Nc2ccc(Br)cc2C(F)(F)F)C(=O)N1. The molecule has 19 heavy (non-hydrogen) atoms. The van der Waals surface area contributed by atoms with E-state index in [0.29, 0.717) is 0 Å². The molecule has 0 aliphatic carbocycles. The van der Waals surface area contributed by atoms with Crippen LogP contribution in [0.2, 0.25) is 0 Å². The van der Waals surface area contributed by atoms with E-state index in [4.69, 9.17) is 0 Å². The van der Waals surface area contributed by atoms with Crippen molar-refractivity contribution in [1.82, 2.24) is 5.32 Å². The number of anilines is 1. The number of carbonyl (C=O) groups is 2. The minimum absolute atomic E-state index is 0.174. The molecule has 102 valence electrons. The van der Waals surface area contributed by atoms with Crippen molar-refractivity contribution in [1.29, 1.82) is 0 Å². The second-order valence-electron chi connectivity index (χ2n) is 4.00. The van der Waals surface area contributed by atoms with Gasteiger partial charge in [-0.05, 0) is 18.2 Å². The Morgan fingerprint density at radius 3 is 2.53 bits per heavy atom. The Balaban J connectivity index is 2.30. The van der Waals surface area contributed by atoms with Crippen LogP contribution in [0.5, 0.6) is 0 Å². The summed E-state index contributed by atoms with van der Waals surface area (Å²) in [5, 5.41) is 4.48. The highest BCUT2D eigenvalue weighted by atomic mass is 79.9. The van der Waals surface area contributed by atoms with Gasteiger partial charge in [-0.2, -0.15) is 13.2 Å². The number of imide groups is 1. The van der Waals surface area contributed by atoms with Crippen molar-refractivity contribution in [2.75, 3.05) is 5.32 Å². The van der Waals surface area contributed by atoms with Gasteiger partial charge < -0.3 is 5.32 Å². The Labute approximate surface area is 114 Å². The van der Waals surface area contributed by atoms with Crippen LogP contribution >= 0.6 is 15.9 Å². The molecule has 1 atom stereocenters. The third-order valence-electron chi connectivity index (χ3n) is 2.59. The largest absolute Gasteiger partial charge is 0.418 e. The lowest BCUT2D eigenvalue weighted by molar-refractivity contribution is -0.137. The summed E-state index contributed by atoms with van der Waals surface area (Å²) < 4.78 is 38.8. The molecule has 1 aliphatic rings. The molecule has 0 spiro atoms. The molecule has 0 radical (unpaired) electrons. The van der Waals surface area contributed by atoms with Gasteiger partial charge in [0.05, 0.1) is 12.0 Å². The highest BCUT2D eigenvalue weighted by Gasteiger charge is 2.36. The summed E-state index contributed by atoms with van der Waals surface area (Å²) in [6.07, 6.45) is -4.72. The second-order valence-corrected chi connectivity index (χ2v) is 4.92. The number of amides is 2. The molecule has 0 bridgehead atoms. The molecule has 1 saturated heterocycles. The maximum atomic E-state index is 12.8.